The fourth-order valence-corrected chi connectivity index (χ4v) is 2.57. The van der Waals surface area contributed by atoms with Crippen molar-refractivity contribution in [1.82, 2.24) is 4.90 Å². The average Bonchev–Trinajstić information content (AvgIpc) is 2.74. The van der Waals surface area contributed by atoms with Gasteiger partial charge in [0, 0.05) is 17.7 Å². The molecule has 1 aromatic heterocycles. The fraction of sp³-hybridized carbons (Fsp3) is 0.188. The van der Waals surface area contributed by atoms with Crippen molar-refractivity contribution in [2.45, 2.75) is 20.0 Å². The van der Waals surface area contributed by atoms with E-state index in [1.165, 1.54) is 18.2 Å². The number of imide groups is 1. The van der Waals surface area contributed by atoms with Crippen molar-refractivity contribution in [3.63, 3.8) is 0 Å². The zero-order valence-corrected chi connectivity index (χ0v) is 11.6. The highest BCUT2D eigenvalue weighted by molar-refractivity contribution is 6.22. The number of amides is 2. The van der Waals surface area contributed by atoms with Crippen molar-refractivity contribution >= 4 is 11.8 Å². The van der Waals surface area contributed by atoms with Crippen molar-refractivity contribution in [1.29, 1.82) is 0 Å². The third kappa shape index (κ3) is 2.07. The van der Waals surface area contributed by atoms with E-state index < -0.39 is 17.6 Å². The molecule has 1 aromatic carbocycles. The van der Waals surface area contributed by atoms with Crippen LogP contribution >= 0.6 is 0 Å². The SMILES string of the molecule is CC[n+]1ccccc1CN1C(=O)c2cccc([O-])c2C1=O. The Kier molecular flexibility index (Phi) is 3.17. The predicted octanol–water partition coefficient (Wildman–Crippen LogP) is 0.864. The van der Waals surface area contributed by atoms with E-state index in [4.69, 9.17) is 0 Å². The maximum atomic E-state index is 12.3. The minimum atomic E-state index is -0.507. The zero-order chi connectivity index (χ0) is 15.0. The van der Waals surface area contributed by atoms with E-state index in [-0.39, 0.29) is 17.7 Å². The molecule has 0 unspecified atom stereocenters. The predicted molar refractivity (Wildman–Crippen MR) is 72.4 cm³/mol. The van der Waals surface area contributed by atoms with Gasteiger partial charge >= 0.3 is 0 Å². The molecule has 0 radical (unpaired) electrons. The second-order valence-electron chi connectivity index (χ2n) is 4.85. The van der Waals surface area contributed by atoms with Crippen LogP contribution in [-0.4, -0.2) is 16.7 Å². The van der Waals surface area contributed by atoms with Gasteiger partial charge < -0.3 is 5.11 Å². The number of aromatic nitrogens is 1. The molecule has 21 heavy (non-hydrogen) atoms. The number of hydrogen-bond donors (Lipinski definition) is 0. The smallest absolute Gasteiger partial charge is 0.262 e. The molecular formula is C16H14N2O3. The summed E-state index contributed by atoms with van der Waals surface area (Å²) < 4.78 is 1.96. The summed E-state index contributed by atoms with van der Waals surface area (Å²) in [7, 11) is 0. The van der Waals surface area contributed by atoms with Gasteiger partial charge in [0.25, 0.3) is 11.8 Å². The highest BCUT2D eigenvalue weighted by atomic mass is 16.3. The van der Waals surface area contributed by atoms with Crippen LogP contribution in [0.2, 0.25) is 0 Å². The molecule has 1 aliphatic heterocycles. The van der Waals surface area contributed by atoms with Crippen molar-refractivity contribution < 1.29 is 19.3 Å². The first-order chi connectivity index (χ1) is 10.1. The molecular weight excluding hydrogens is 268 g/mol. The number of carbonyl (C=O) groups is 2. The van der Waals surface area contributed by atoms with Crippen molar-refractivity contribution in [2.75, 3.05) is 0 Å². The van der Waals surface area contributed by atoms with Crippen LogP contribution in [0.15, 0.2) is 42.6 Å². The Labute approximate surface area is 122 Å². The summed E-state index contributed by atoms with van der Waals surface area (Å²) >= 11 is 0. The Bertz CT molecular complexity index is 740. The van der Waals surface area contributed by atoms with Gasteiger partial charge in [-0.1, -0.05) is 23.9 Å². The number of carbonyl (C=O) groups excluding carboxylic acids is 2. The number of benzene rings is 1. The van der Waals surface area contributed by atoms with Gasteiger partial charge in [0.05, 0.1) is 5.56 Å². The molecule has 0 N–H and O–H groups in total. The summed E-state index contributed by atoms with van der Waals surface area (Å²) in [5.41, 5.74) is 1.04. The van der Waals surface area contributed by atoms with E-state index in [9.17, 15) is 14.7 Å². The lowest BCUT2D eigenvalue weighted by Gasteiger charge is -2.13. The number of nitrogens with zero attached hydrogens (tertiary/aromatic N) is 2. The zero-order valence-electron chi connectivity index (χ0n) is 11.6. The third-order valence-electron chi connectivity index (χ3n) is 3.66. The second kappa shape index (κ2) is 5.01. The van der Waals surface area contributed by atoms with E-state index in [2.05, 4.69) is 0 Å². The Balaban J connectivity index is 1.97. The monoisotopic (exact) mass is 282 g/mol. The van der Waals surface area contributed by atoms with Crippen LogP contribution in [0.25, 0.3) is 0 Å². The lowest BCUT2D eigenvalue weighted by molar-refractivity contribution is -0.701. The topological polar surface area (TPSA) is 64.3 Å². The molecule has 5 nitrogen and oxygen atoms in total. The van der Waals surface area contributed by atoms with Crippen LogP contribution in [0.1, 0.15) is 33.3 Å². The van der Waals surface area contributed by atoms with E-state index in [1.807, 2.05) is 35.9 Å². The molecule has 0 spiro atoms. The molecule has 1 aliphatic rings. The summed E-state index contributed by atoms with van der Waals surface area (Å²) in [6, 6.07) is 9.96. The maximum Gasteiger partial charge on any atom is 0.262 e. The van der Waals surface area contributed by atoms with Crippen LogP contribution in [0.4, 0.5) is 0 Å². The summed E-state index contributed by atoms with van der Waals surface area (Å²) in [5, 5.41) is 11.8. The number of pyridine rings is 1. The Morgan fingerprint density at radius 3 is 2.62 bits per heavy atom. The second-order valence-corrected chi connectivity index (χ2v) is 4.85. The number of hydrogen-bond acceptors (Lipinski definition) is 3. The number of fused-ring (bicyclic) bond motifs is 1. The lowest BCUT2D eigenvalue weighted by atomic mass is 10.1. The summed E-state index contributed by atoms with van der Waals surface area (Å²) in [6.45, 7) is 2.90. The van der Waals surface area contributed by atoms with Crippen LogP contribution < -0.4 is 9.67 Å². The molecule has 3 rings (SSSR count). The minimum Gasteiger partial charge on any atom is -0.872 e. The van der Waals surface area contributed by atoms with Gasteiger partial charge in [-0.25, -0.2) is 4.57 Å². The van der Waals surface area contributed by atoms with Gasteiger partial charge in [0.15, 0.2) is 6.20 Å². The molecule has 0 aliphatic carbocycles. The van der Waals surface area contributed by atoms with E-state index >= 15 is 0 Å². The van der Waals surface area contributed by atoms with Crippen molar-refractivity contribution in [3.05, 3.63) is 59.4 Å². The highest BCUT2D eigenvalue weighted by Gasteiger charge is 2.36. The number of rotatable bonds is 3. The molecule has 0 saturated heterocycles. The average molecular weight is 282 g/mol. The third-order valence-corrected chi connectivity index (χ3v) is 3.66. The first kappa shape index (κ1) is 13.3. The minimum absolute atomic E-state index is 0.0125. The van der Waals surface area contributed by atoms with Crippen LogP contribution in [0.5, 0.6) is 5.75 Å². The summed E-state index contributed by atoms with van der Waals surface area (Å²) in [6.07, 6.45) is 1.90. The quantitative estimate of drug-likeness (QED) is 0.619. The summed E-state index contributed by atoms with van der Waals surface area (Å²) in [4.78, 5) is 25.8. The van der Waals surface area contributed by atoms with Crippen LogP contribution in [0.3, 0.4) is 0 Å². The first-order valence-corrected chi connectivity index (χ1v) is 6.77. The van der Waals surface area contributed by atoms with E-state index in [1.54, 1.807) is 0 Å². The van der Waals surface area contributed by atoms with Gasteiger partial charge in [-0.2, -0.15) is 0 Å². The maximum absolute atomic E-state index is 12.3. The molecule has 2 amide bonds. The molecule has 0 atom stereocenters. The van der Waals surface area contributed by atoms with Gasteiger partial charge in [-0.3, -0.25) is 14.5 Å². The first-order valence-electron chi connectivity index (χ1n) is 6.77. The molecule has 5 heteroatoms. The highest BCUT2D eigenvalue weighted by Crippen LogP contribution is 2.29. The largest absolute Gasteiger partial charge is 0.872 e. The van der Waals surface area contributed by atoms with Crippen LogP contribution in [0, 0.1) is 0 Å². The number of aryl methyl sites for hydroxylation is 1. The summed E-state index contributed by atoms with van der Waals surface area (Å²) in [5.74, 6) is -1.31. The standard InChI is InChI=1S/C16H14N2O3/c1-2-17-9-4-3-6-11(17)10-18-15(20)12-7-5-8-13(19)14(12)16(18)21/h3-9H,2,10H2,1H3. The molecule has 0 fully saturated rings. The van der Waals surface area contributed by atoms with Gasteiger partial charge in [0.1, 0.15) is 13.1 Å². The van der Waals surface area contributed by atoms with E-state index in [0.29, 0.717) is 0 Å². The Hall–Kier alpha value is -2.69. The van der Waals surface area contributed by atoms with Gasteiger partial charge in [-0.05, 0) is 13.0 Å². The molecule has 106 valence electrons. The van der Waals surface area contributed by atoms with Gasteiger partial charge in [0.2, 0.25) is 5.69 Å². The fourth-order valence-electron chi connectivity index (χ4n) is 2.57. The molecule has 0 bridgehead atoms. The van der Waals surface area contributed by atoms with Crippen LogP contribution in [-0.2, 0) is 13.1 Å². The molecule has 0 saturated carbocycles. The van der Waals surface area contributed by atoms with Gasteiger partial charge in [-0.15, -0.1) is 0 Å². The van der Waals surface area contributed by atoms with E-state index in [0.717, 1.165) is 17.1 Å². The Morgan fingerprint density at radius 1 is 1.10 bits per heavy atom. The normalized spacial score (nSPS) is 13.7. The molecule has 2 heterocycles. The van der Waals surface area contributed by atoms with Crippen molar-refractivity contribution in [2.24, 2.45) is 0 Å². The molecule has 2 aromatic rings. The Morgan fingerprint density at radius 2 is 1.90 bits per heavy atom. The lowest BCUT2D eigenvalue weighted by Crippen LogP contribution is -2.41. The van der Waals surface area contributed by atoms with Crippen molar-refractivity contribution in [3.8, 4) is 5.75 Å².